The van der Waals surface area contributed by atoms with Crippen LogP contribution in [0.5, 0.6) is 0 Å². The van der Waals surface area contributed by atoms with Crippen LogP contribution in [0.1, 0.15) is 38.7 Å². The minimum absolute atomic E-state index is 0.215. The largest absolute Gasteiger partial charge is 0.310 e. The third kappa shape index (κ3) is 3.39. The van der Waals surface area contributed by atoms with E-state index in [2.05, 4.69) is 15.5 Å². The van der Waals surface area contributed by atoms with Gasteiger partial charge in [-0.15, -0.1) is 0 Å². The molecule has 1 aliphatic carbocycles. The van der Waals surface area contributed by atoms with Crippen LogP contribution >= 0.6 is 0 Å². The Morgan fingerprint density at radius 1 is 1.50 bits per heavy atom. The van der Waals surface area contributed by atoms with Crippen molar-refractivity contribution in [2.45, 2.75) is 50.7 Å². The van der Waals surface area contributed by atoms with Crippen molar-refractivity contribution >= 4 is 10.0 Å². The zero-order chi connectivity index (χ0) is 14.8. The molecule has 2 rings (SSSR count). The number of aromatic nitrogens is 2. The molecule has 0 atom stereocenters. The maximum Gasteiger partial charge on any atom is 0.260 e. The molecule has 20 heavy (non-hydrogen) atoms. The molecule has 2 N–H and O–H groups in total. The highest BCUT2D eigenvalue weighted by molar-refractivity contribution is 7.89. The summed E-state index contributed by atoms with van der Waals surface area (Å²) < 4.78 is 26.6. The molecule has 1 saturated carbocycles. The van der Waals surface area contributed by atoms with Crippen molar-refractivity contribution in [1.29, 1.82) is 0 Å². The van der Waals surface area contributed by atoms with E-state index >= 15 is 0 Å². The Labute approximate surface area is 121 Å². The minimum Gasteiger partial charge on any atom is -0.310 e. The van der Waals surface area contributed by atoms with E-state index in [1.807, 2.05) is 13.8 Å². The molecule has 7 heteroatoms. The van der Waals surface area contributed by atoms with Crippen LogP contribution in [0.15, 0.2) is 11.2 Å². The van der Waals surface area contributed by atoms with Gasteiger partial charge in [-0.2, -0.15) is 9.40 Å². The van der Waals surface area contributed by atoms with Gasteiger partial charge in [0, 0.05) is 31.7 Å². The van der Waals surface area contributed by atoms with Crippen LogP contribution in [0, 0.1) is 5.92 Å². The van der Waals surface area contributed by atoms with Crippen molar-refractivity contribution in [2.75, 3.05) is 13.6 Å². The van der Waals surface area contributed by atoms with Gasteiger partial charge in [0.1, 0.15) is 0 Å². The molecule has 1 aromatic heterocycles. The van der Waals surface area contributed by atoms with E-state index in [0.29, 0.717) is 30.6 Å². The predicted molar refractivity (Wildman–Crippen MR) is 77.7 cm³/mol. The highest BCUT2D eigenvalue weighted by Crippen LogP contribution is 2.28. The van der Waals surface area contributed by atoms with Crippen molar-refractivity contribution in [3.05, 3.63) is 11.8 Å². The average Bonchev–Trinajstić information content (AvgIpc) is 2.79. The van der Waals surface area contributed by atoms with Gasteiger partial charge in [-0.3, -0.25) is 5.10 Å². The van der Waals surface area contributed by atoms with Gasteiger partial charge in [-0.1, -0.05) is 20.3 Å². The highest BCUT2D eigenvalue weighted by atomic mass is 32.2. The minimum atomic E-state index is -3.47. The van der Waals surface area contributed by atoms with Gasteiger partial charge in [-0.25, -0.2) is 8.42 Å². The SMILES string of the molecule is CC(C)NCc1cn[nH]c1S(=O)(=O)N(C)CC1CCC1. The molecule has 6 nitrogen and oxygen atoms in total. The molecule has 0 aromatic carbocycles. The summed E-state index contributed by atoms with van der Waals surface area (Å²) in [6.45, 7) is 5.15. The Kier molecular flexibility index (Phi) is 4.82. The molecule has 0 saturated heterocycles. The molecular formula is C13H24N4O2S. The van der Waals surface area contributed by atoms with Crippen LogP contribution < -0.4 is 5.32 Å². The molecule has 1 heterocycles. The summed E-state index contributed by atoms with van der Waals surface area (Å²) >= 11 is 0. The van der Waals surface area contributed by atoms with Crippen molar-refractivity contribution in [3.63, 3.8) is 0 Å². The van der Waals surface area contributed by atoms with Crippen LogP contribution in [-0.4, -0.2) is 42.6 Å². The number of nitrogens with zero attached hydrogens (tertiary/aromatic N) is 2. The molecule has 1 fully saturated rings. The van der Waals surface area contributed by atoms with E-state index in [9.17, 15) is 8.42 Å². The lowest BCUT2D eigenvalue weighted by molar-refractivity contribution is 0.262. The molecule has 1 aromatic rings. The normalized spacial score (nSPS) is 16.9. The summed E-state index contributed by atoms with van der Waals surface area (Å²) in [5, 5.41) is 9.97. The second-order valence-electron chi connectivity index (χ2n) is 5.84. The second-order valence-corrected chi connectivity index (χ2v) is 7.82. The van der Waals surface area contributed by atoms with E-state index in [1.165, 1.54) is 10.7 Å². The molecule has 0 bridgehead atoms. The van der Waals surface area contributed by atoms with Gasteiger partial charge in [0.25, 0.3) is 10.0 Å². The first-order valence-corrected chi connectivity index (χ1v) is 8.57. The lowest BCUT2D eigenvalue weighted by Gasteiger charge is -2.29. The van der Waals surface area contributed by atoms with Gasteiger partial charge < -0.3 is 5.32 Å². The number of H-pyrrole nitrogens is 1. The van der Waals surface area contributed by atoms with E-state index in [1.54, 1.807) is 13.2 Å². The van der Waals surface area contributed by atoms with E-state index in [-0.39, 0.29) is 5.03 Å². The van der Waals surface area contributed by atoms with Gasteiger partial charge in [0.05, 0.1) is 6.20 Å². The highest BCUT2D eigenvalue weighted by Gasteiger charge is 2.29. The summed E-state index contributed by atoms with van der Waals surface area (Å²) in [4.78, 5) is 0. The quantitative estimate of drug-likeness (QED) is 0.796. The summed E-state index contributed by atoms with van der Waals surface area (Å²) in [6.07, 6.45) is 5.06. The number of sulfonamides is 1. The molecule has 0 amide bonds. The topological polar surface area (TPSA) is 78.1 Å². The van der Waals surface area contributed by atoms with Gasteiger partial charge >= 0.3 is 0 Å². The molecular weight excluding hydrogens is 276 g/mol. The first kappa shape index (κ1) is 15.5. The van der Waals surface area contributed by atoms with E-state index < -0.39 is 10.0 Å². The van der Waals surface area contributed by atoms with Crippen LogP contribution in [0.4, 0.5) is 0 Å². The van der Waals surface area contributed by atoms with Gasteiger partial charge in [0.2, 0.25) is 0 Å². The number of hydrogen-bond donors (Lipinski definition) is 2. The van der Waals surface area contributed by atoms with E-state index in [4.69, 9.17) is 0 Å². The lowest BCUT2D eigenvalue weighted by Crippen LogP contribution is -2.35. The maximum atomic E-state index is 12.6. The summed E-state index contributed by atoms with van der Waals surface area (Å²) in [6, 6.07) is 0.299. The zero-order valence-corrected chi connectivity index (χ0v) is 13.2. The molecule has 0 aliphatic heterocycles. The fraction of sp³-hybridized carbons (Fsp3) is 0.769. The smallest absolute Gasteiger partial charge is 0.260 e. The van der Waals surface area contributed by atoms with Crippen molar-refractivity contribution in [2.24, 2.45) is 5.92 Å². The number of nitrogens with one attached hydrogen (secondary N) is 2. The molecule has 1 aliphatic rings. The average molecular weight is 300 g/mol. The van der Waals surface area contributed by atoms with Crippen LogP contribution in [-0.2, 0) is 16.6 Å². The van der Waals surface area contributed by atoms with Crippen molar-refractivity contribution in [3.8, 4) is 0 Å². The lowest BCUT2D eigenvalue weighted by atomic mass is 9.86. The van der Waals surface area contributed by atoms with Gasteiger partial charge in [0.15, 0.2) is 5.03 Å². The van der Waals surface area contributed by atoms with Crippen LogP contribution in [0.3, 0.4) is 0 Å². The first-order valence-electron chi connectivity index (χ1n) is 7.13. The molecule has 0 radical (unpaired) electrons. The number of aromatic amines is 1. The fourth-order valence-electron chi connectivity index (χ4n) is 2.26. The van der Waals surface area contributed by atoms with Gasteiger partial charge in [-0.05, 0) is 18.8 Å². The Morgan fingerprint density at radius 3 is 2.75 bits per heavy atom. The number of hydrogen-bond acceptors (Lipinski definition) is 4. The monoisotopic (exact) mass is 300 g/mol. The standard InChI is InChI=1S/C13H24N4O2S/c1-10(2)14-7-12-8-15-16-13(12)20(18,19)17(3)9-11-5-4-6-11/h8,10-11,14H,4-7,9H2,1-3H3,(H,15,16). The third-order valence-corrected chi connectivity index (χ3v) is 5.63. The number of rotatable bonds is 7. The molecule has 0 spiro atoms. The van der Waals surface area contributed by atoms with Crippen LogP contribution in [0.25, 0.3) is 0 Å². The molecule has 0 unspecified atom stereocenters. The zero-order valence-electron chi connectivity index (χ0n) is 12.4. The van der Waals surface area contributed by atoms with Crippen LogP contribution in [0.2, 0.25) is 0 Å². The summed E-state index contributed by atoms with van der Waals surface area (Å²) in [5.74, 6) is 0.509. The van der Waals surface area contributed by atoms with E-state index in [0.717, 1.165) is 12.8 Å². The summed E-state index contributed by atoms with van der Waals surface area (Å²) in [5.41, 5.74) is 0.694. The Hall–Kier alpha value is -0.920. The maximum absolute atomic E-state index is 12.6. The fourth-order valence-corrected chi connectivity index (χ4v) is 3.60. The van der Waals surface area contributed by atoms with Crippen molar-refractivity contribution in [1.82, 2.24) is 19.8 Å². The summed E-state index contributed by atoms with van der Waals surface area (Å²) in [7, 11) is -1.82. The Bertz CT molecular complexity index is 534. The second kappa shape index (κ2) is 6.24. The molecule has 114 valence electrons. The Balaban J connectivity index is 2.09. The van der Waals surface area contributed by atoms with Crippen molar-refractivity contribution < 1.29 is 8.42 Å². The predicted octanol–water partition coefficient (Wildman–Crippen LogP) is 1.33. The Morgan fingerprint density at radius 2 is 2.20 bits per heavy atom. The first-order chi connectivity index (χ1) is 9.41. The third-order valence-electron chi connectivity index (χ3n) is 3.79.